The van der Waals surface area contributed by atoms with Crippen LogP contribution in [0.25, 0.3) is 0 Å². The van der Waals surface area contributed by atoms with Gasteiger partial charge >= 0.3 is 6.18 Å². The molecule has 0 amide bonds. The molecule has 0 aliphatic carbocycles. The molecule has 0 saturated heterocycles. The highest BCUT2D eigenvalue weighted by Gasteiger charge is 2.39. The van der Waals surface area contributed by atoms with E-state index in [2.05, 4.69) is 4.98 Å². The molecule has 2 heterocycles. The lowest BCUT2D eigenvalue weighted by Gasteiger charge is -2.15. The van der Waals surface area contributed by atoms with Crippen molar-refractivity contribution in [3.63, 3.8) is 0 Å². The van der Waals surface area contributed by atoms with Crippen LogP contribution in [0.2, 0.25) is 5.02 Å². The van der Waals surface area contributed by atoms with Crippen LogP contribution >= 0.6 is 11.6 Å². The first-order valence-electron chi connectivity index (χ1n) is 9.65. The summed E-state index contributed by atoms with van der Waals surface area (Å²) in [5.74, 6) is -3.79. The molecule has 3 aromatic rings. The molecule has 0 aliphatic rings. The Bertz CT molecular complexity index is 1460. The molecular formula is C21H13ClF4N5O5+. The minimum absolute atomic E-state index is 0.107. The molecule has 0 atom stereocenters. The van der Waals surface area contributed by atoms with Gasteiger partial charge in [0.1, 0.15) is 30.9 Å². The Labute approximate surface area is 203 Å². The Morgan fingerprint density at radius 3 is 2.47 bits per heavy atom. The van der Waals surface area contributed by atoms with E-state index in [1.807, 2.05) is 0 Å². The first kappa shape index (κ1) is 26.2. The van der Waals surface area contributed by atoms with Gasteiger partial charge in [-0.05, 0) is 6.07 Å². The van der Waals surface area contributed by atoms with Crippen molar-refractivity contribution in [3.05, 3.63) is 74.4 Å². The number of benzene rings is 1. The average Bonchev–Trinajstić information content (AvgIpc) is 2.82. The van der Waals surface area contributed by atoms with Gasteiger partial charge in [-0.1, -0.05) is 11.6 Å². The molecule has 36 heavy (non-hydrogen) atoms. The average molecular weight is 527 g/mol. The molecule has 0 fully saturated rings. The van der Waals surface area contributed by atoms with Gasteiger partial charge in [-0.2, -0.15) is 23.7 Å². The van der Waals surface area contributed by atoms with Gasteiger partial charge in [0.05, 0.1) is 18.5 Å². The molecule has 1 aromatic carbocycles. The molecule has 0 bridgehead atoms. The fraction of sp³-hybridized carbons (Fsp3) is 0.190. The van der Waals surface area contributed by atoms with Crippen LogP contribution in [-0.2, 0) is 12.7 Å². The molecule has 2 aromatic heterocycles. The highest BCUT2D eigenvalue weighted by molar-refractivity contribution is 6.30. The topological polar surface area (TPSA) is 145 Å². The summed E-state index contributed by atoms with van der Waals surface area (Å²) in [6.07, 6.45) is -3.71. The Hall–Kier alpha value is -4.40. The van der Waals surface area contributed by atoms with E-state index in [9.17, 15) is 32.8 Å². The second-order valence-electron chi connectivity index (χ2n) is 6.90. The van der Waals surface area contributed by atoms with Gasteiger partial charge in [-0.15, -0.1) is 0 Å². The highest BCUT2D eigenvalue weighted by atomic mass is 35.5. The van der Waals surface area contributed by atoms with Crippen LogP contribution in [0.3, 0.4) is 0 Å². The number of pyridine rings is 1. The first-order valence-corrected chi connectivity index (χ1v) is 10.0. The minimum Gasteiger partial charge on any atom is -0.484 e. The normalized spacial score (nSPS) is 11.0. The standard InChI is InChI=1S/C21H13ClF4N5O5/c22-13-3-12(7-28)17(23)15(5-13)36-18-19(21(24,25)26)29-10-30(20(18)33)8-14-4-11(6-27)16(9-31(14)34)35-2-1-32/h3-5,9-10,32,34H,1-2,8H2/q+1. The van der Waals surface area contributed by atoms with Gasteiger partial charge in [-0.3, -0.25) is 14.6 Å². The number of rotatable bonds is 7. The molecule has 2 N–H and O–H groups in total. The zero-order valence-corrected chi connectivity index (χ0v) is 18.5. The third-order valence-corrected chi connectivity index (χ3v) is 4.73. The minimum atomic E-state index is -5.18. The molecule has 0 radical (unpaired) electrons. The van der Waals surface area contributed by atoms with E-state index in [1.165, 1.54) is 6.07 Å². The lowest BCUT2D eigenvalue weighted by molar-refractivity contribution is -0.909. The second-order valence-corrected chi connectivity index (χ2v) is 7.34. The summed E-state index contributed by atoms with van der Waals surface area (Å²) < 4.78 is 66.3. The summed E-state index contributed by atoms with van der Waals surface area (Å²) in [6, 6.07) is 6.02. The number of aliphatic hydroxyl groups excluding tert-OH is 1. The summed E-state index contributed by atoms with van der Waals surface area (Å²) in [7, 11) is 0. The van der Waals surface area contributed by atoms with Gasteiger partial charge in [0.25, 0.3) is 17.5 Å². The summed E-state index contributed by atoms with van der Waals surface area (Å²) in [6.45, 7) is -1.17. The molecule has 0 aliphatic heterocycles. The number of nitrogens with zero attached hydrogens (tertiary/aromatic N) is 5. The molecule has 0 spiro atoms. The predicted molar refractivity (Wildman–Crippen MR) is 110 cm³/mol. The highest BCUT2D eigenvalue weighted by Crippen LogP contribution is 2.36. The third-order valence-electron chi connectivity index (χ3n) is 4.51. The number of aromatic nitrogens is 3. The molecule has 10 nitrogen and oxygen atoms in total. The number of ether oxygens (including phenoxy) is 2. The number of halogens is 5. The van der Waals surface area contributed by atoms with E-state index in [0.29, 0.717) is 15.6 Å². The fourth-order valence-corrected chi connectivity index (χ4v) is 3.13. The van der Waals surface area contributed by atoms with E-state index in [0.717, 1.165) is 24.4 Å². The largest absolute Gasteiger partial charge is 0.484 e. The van der Waals surface area contributed by atoms with Crippen molar-refractivity contribution in [3.8, 4) is 29.4 Å². The van der Waals surface area contributed by atoms with Gasteiger partial charge in [-0.25, -0.2) is 9.37 Å². The van der Waals surface area contributed by atoms with Crippen molar-refractivity contribution >= 4 is 11.6 Å². The van der Waals surface area contributed by atoms with Crippen LogP contribution in [0.1, 0.15) is 22.5 Å². The quantitative estimate of drug-likeness (QED) is 0.271. The van der Waals surface area contributed by atoms with Crippen LogP contribution in [0.15, 0.2) is 35.5 Å². The SMILES string of the molecule is N#Cc1cc(Cn2cnc(C(F)(F)F)c(Oc3cc(Cl)cc(C#N)c3F)c2=O)[n+](O)cc1OCCO. The van der Waals surface area contributed by atoms with Gasteiger partial charge < -0.3 is 14.6 Å². The lowest BCUT2D eigenvalue weighted by Crippen LogP contribution is -2.38. The van der Waals surface area contributed by atoms with Crippen LogP contribution in [0, 0.1) is 28.5 Å². The smallest absolute Gasteiger partial charge is 0.437 e. The van der Waals surface area contributed by atoms with Crippen LogP contribution in [0.5, 0.6) is 17.2 Å². The van der Waals surface area contributed by atoms with E-state index < -0.39 is 46.9 Å². The van der Waals surface area contributed by atoms with Crippen LogP contribution < -0.4 is 19.8 Å². The zero-order chi connectivity index (χ0) is 26.6. The van der Waals surface area contributed by atoms with Crippen molar-refractivity contribution in [2.24, 2.45) is 0 Å². The van der Waals surface area contributed by atoms with Crippen LogP contribution in [0.4, 0.5) is 17.6 Å². The number of aliphatic hydroxyl groups is 1. The van der Waals surface area contributed by atoms with E-state index >= 15 is 0 Å². The number of alkyl halides is 3. The number of hydrogen-bond acceptors (Lipinski definition) is 8. The van der Waals surface area contributed by atoms with Gasteiger partial charge in [0.2, 0.25) is 11.5 Å². The van der Waals surface area contributed by atoms with Crippen molar-refractivity contribution in [1.29, 1.82) is 10.5 Å². The fourth-order valence-electron chi connectivity index (χ4n) is 2.92. The van der Waals surface area contributed by atoms with E-state index in [-0.39, 0.29) is 35.2 Å². The maximum absolute atomic E-state index is 14.5. The lowest BCUT2D eigenvalue weighted by atomic mass is 10.2. The van der Waals surface area contributed by atoms with Crippen molar-refractivity contribution in [2.45, 2.75) is 12.7 Å². The predicted octanol–water partition coefficient (Wildman–Crippen LogP) is 2.53. The van der Waals surface area contributed by atoms with Crippen molar-refractivity contribution in [1.82, 2.24) is 9.55 Å². The maximum atomic E-state index is 14.5. The molecule has 0 saturated carbocycles. The molecular weight excluding hydrogens is 514 g/mol. The van der Waals surface area contributed by atoms with Crippen molar-refractivity contribution in [2.75, 3.05) is 13.2 Å². The van der Waals surface area contributed by atoms with Crippen molar-refractivity contribution < 1.29 is 42.1 Å². The van der Waals surface area contributed by atoms with E-state index in [1.54, 1.807) is 6.07 Å². The van der Waals surface area contributed by atoms with Crippen LogP contribution in [-0.4, -0.2) is 33.1 Å². The first-order chi connectivity index (χ1) is 17.0. The molecule has 15 heteroatoms. The number of nitriles is 2. The van der Waals surface area contributed by atoms with Gasteiger partial charge in [0, 0.05) is 21.9 Å². The Kier molecular flexibility index (Phi) is 7.62. The summed E-state index contributed by atoms with van der Waals surface area (Å²) in [5.41, 5.74) is -4.10. The molecule has 0 unspecified atom stereocenters. The zero-order valence-electron chi connectivity index (χ0n) is 17.8. The molecule has 3 rings (SSSR count). The molecule has 186 valence electrons. The second kappa shape index (κ2) is 10.5. The Morgan fingerprint density at radius 2 is 1.86 bits per heavy atom. The summed E-state index contributed by atoms with van der Waals surface area (Å²) >= 11 is 5.77. The summed E-state index contributed by atoms with van der Waals surface area (Å²) in [4.78, 5) is 16.2. The Morgan fingerprint density at radius 1 is 1.17 bits per heavy atom. The van der Waals surface area contributed by atoms with Gasteiger partial charge in [0.15, 0.2) is 17.3 Å². The number of hydrogen-bond donors (Lipinski definition) is 2. The maximum Gasteiger partial charge on any atom is 0.437 e. The summed E-state index contributed by atoms with van der Waals surface area (Å²) in [5, 5.41) is 37.1. The van der Waals surface area contributed by atoms with E-state index in [4.69, 9.17) is 31.4 Å². The Balaban J connectivity index is 2.11. The monoisotopic (exact) mass is 526 g/mol. The third kappa shape index (κ3) is 5.46.